The molecule has 0 saturated heterocycles. The molecular formula is C9H15N. The molecule has 10 heavy (non-hydrogen) atoms. The van der Waals surface area contributed by atoms with Crippen molar-refractivity contribution in [3.8, 4) is 0 Å². The SMILES string of the molecule is Cc1c[nH]cc1CC(C)C. The van der Waals surface area contributed by atoms with Gasteiger partial charge in [0, 0.05) is 12.4 Å². The molecule has 1 N–H and O–H groups in total. The minimum atomic E-state index is 0.759. The third kappa shape index (κ3) is 1.63. The second-order valence-electron chi connectivity index (χ2n) is 3.26. The van der Waals surface area contributed by atoms with Crippen LogP contribution in [-0.2, 0) is 6.42 Å². The van der Waals surface area contributed by atoms with Crippen LogP contribution in [-0.4, -0.2) is 4.98 Å². The molecule has 0 amide bonds. The average molecular weight is 137 g/mol. The van der Waals surface area contributed by atoms with Gasteiger partial charge >= 0.3 is 0 Å². The third-order valence-corrected chi connectivity index (χ3v) is 1.69. The van der Waals surface area contributed by atoms with E-state index < -0.39 is 0 Å². The number of aromatic nitrogens is 1. The van der Waals surface area contributed by atoms with Crippen LogP contribution in [0.15, 0.2) is 12.4 Å². The van der Waals surface area contributed by atoms with Crippen molar-refractivity contribution in [1.29, 1.82) is 0 Å². The Bertz CT molecular complexity index is 198. The van der Waals surface area contributed by atoms with Gasteiger partial charge in [-0.25, -0.2) is 0 Å². The van der Waals surface area contributed by atoms with E-state index in [0.29, 0.717) is 0 Å². The summed E-state index contributed by atoms with van der Waals surface area (Å²) in [4.78, 5) is 3.10. The number of rotatable bonds is 2. The monoisotopic (exact) mass is 137 g/mol. The van der Waals surface area contributed by atoms with E-state index >= 15 is 0 Å². The summed E-state index contributed by atoms with van der Waals surface area (Å²) in [5.41, 5.74) is 2.84. The average Bonchev–Trinajstić information content (AvgIpc) is 2.15. The summed E-state index contributed by atoms with van der Waals surface area (Å²) in [6, 6.07) is 0. The van der Waals surface area contributed by atoms with E-state index in [9.17, 15) is 0 Å². The molecule has 0 aliphatic carbocycles. The predicted octanol–water partition coefficient (Wildman–Crippen LogP) is 2.52. The van der Waals surface area contributed by atoms with Gasteiger partial charge in [0.15, 0.2) is 0 Å². The maximum absolute atomic E-state index is 3.10. The molecule has 0 radical (unpaired) electrons. The summed E-state index contributed by atoms with van der Waals surface area (Å²) in [5.74, 6) is 0.759. The number of aryl methyl sites for hydroxylation is 1. The Hall–Kier alpha value is -0.720. The van der Waals surface area contributed by atoms with Crippen molar-refractivity contribution >= 4 is 0 Å². The molecule has 0 atom stereocenters. The minimum Gasteiger partial charge on any atom is -0.367 e. The summed E-state index contributed by atoms with van der Waals surface area (Å²) in [6.45, 7) is 6.63. The van der Waals surface area contributed by atoms with Gasteiger partial charge in [0.05, 0.1) is 0 Å². The van der Waals surface area contributed by atoms with Gasteiger partial charge < -0.3 is 4.98 Å². The molecular weight excluding hydrogens is 122 g/mol. The number of H-pyrrole nitrogens is 1. The van der Waals surface area contributed by atoms with Crippen molar-refractivity contribution in [3.05, 3.63) is 23.5 Å². The summed E-state index contributed by atoms with van der Waals surface area (Å²) >= 11 is 0. The summed E-state index contributed by atoms with van der Waals surface area (Å²) in [7, 11) is 0. The Balaban J connectivity index is 2.65. The zero-order valence-corrected chi connectivity index (χ0v) is 6.94. The molecule has 0 aliphatic rings. The molecule has 0 aliphatic heterocycles. The van der Waals surface area contributed by atoms with Crippen molar-refractivity contribution < 1.29 is 0 Å². The normalized spacial score (nSPS) is 10.8. The van der Waals surface area contributed by atoms with E-state index in [-0.39, 0.29) is 0 Å². The summed E-state index contributed by atoms with van der Waals surface area (Å²) < 4.78 is 0. The van der Waals surface area contributed by atoms with Crippen molar-refractivity contribution in [3.63, 3.8) is 0 Å². The van der Waals surface area contributed by atoms with Gasteiger partial charge in [0.25, 0.3) is 0 Å². The van der Waals surface area contributed by atoms with Gasteiger partial charge in [0.2, 0.25) is 0 Å². The molecule has 1 nitrogen and oxygen atoms in total. The molecule has 1 rings (SSSR count). The van der Waals surface area contributed by atoms with Crippen molar-refractivity contribution in [1.82, 2.24) is 4.98 Å². The van der Waals surface area contributed by atoms with Crippen LogP contribution in [0.1, 0.15) is 25.0 Å². The first-order valence-electron chi connectivity index (χ1n) is 3.82. The van der Waals surface area contributed by atoms with E-state index in [0.717, 1.165) is 5.92 Å². The third-order valence-electron chi connectivity index (χ3n) is 1.69. The van der Waals surface area contributed by atoms with E-state index in [1.807, 2.05) is 0 Å². The standard InChI is InChI=1S/C9H15N/c1-7(2)4-9-6-10-5-8(9)3/h5-7,10H,4H2,1-3H3. The van der Waals surface area contributed by atoms with Crippen LogP contribution < -0.4 is 0 Å². The Morgan fingerprint density at radius 2 is 2.10 bits per heavy atom. The Morgan fingerprint density at radius 1 is 1.40 bits per heavy atom. The van der Waals surface area contributed by atoms with Crippen LogP contribution in [0.3, 0.4) is 0 Å². The number of hydrogen-bond donors (Lipinski definition) is 1. The van der Waals surface area contributed by atoms with Crippen molar-refractivity contribution in [2.45, 2.75) is 27.2 Å². The van der Waals surface area contributed by atoms with Crippen molar-refractivity contribution in [2.75, 3.05) is 0 Å². The first kappa shape index (κ1) is 7.39. The fourth-order valence-corrected chi connectivity index (χ4v) is 1.13. The first-order chi connectivity index (χ1) is 4.70. The molecule has 1 aromatic heterocycles. The molecule has 0 unspecified atom stereocenters. The number of aromatic amines is 1. The lowest BCUT2D eigenvalue weighted by molar-refractivity contribution is 0.646. The largest absolute Gasteiger partial charge is 0.367 e. The fraction of sp³-hybridized carbons (Fsp3) is 0.556. The zero-order chi connectivity index (χ0) is 7.56. The van der Waals surface area contributed by atoms with Crippen LogP contribution in [0.4, 0.5) is 0 Å². The Kier molecular flexibility index (Phi) is 2.15. The van der Waals surface area contributed by atoms with E-state index in [1.165, 1.54) is 17.5 Å². The molecule has 0 bridgehead atoms. The topological polar surface area (TPSA) is 15.8 Å². The zero-order valence-electron chi connectivity index (χ0n) is 6.94. The lowest BCUT2D eigenvalue weighted by atomic mass is 10.0. The lowest BCUT2D eigenvalue weighted by Gasteiger charge is -2.01. The highest BCUT2D eigenvalue weighted by Crippen LogP contribution is 2.11. The highest BCUT2D eigenvalue weighted by Gasteiger charge is 2.00. The highest BCUT2D eigenvalue weighted by atomic mass is 14.6. The van der Waals surface area contributed by atoms with Crippen LogP contribution in [0.25, 0.3) is 0 Å². The fourth-order valence-electron chi connectivity index (χ4n) is 1.13. The molecule has 0 aromatic carbocycles. The molecule has 1 aromatic rings. The van der Waals surface area contributed by atoms with Gasteiger partial charge in [-0.15, -0.1) is 0 Å². The molecule has 0 saturated carbocycles. The van der Waals surface area contributed by atoms with Gasteiger partial charge in [-0.2, -0.15) is 0 Å². The molecule has 0 fully saturated rings. The van der Waals surface area contributed by atoms with Crippen LogP contribution in [0, 0.1) is 12.8 Å². The maximum atomic E-state index is 3.10. The molecule has 1 heteroatoms. The predicted molar refractivity (Wildman–Crippen MR) is 44.1 cm³/mol. The number of hydrogen-bond acceptors (Lipinski definition) is 0. The maximum Gasteiger partial charge on any atom is 0.00401 e. The highest BCUT2D eigenvalue weighted by molar-refractivity contribution is 5.21. The quantitative estimate of drug-likeness (QED) is 0.644. The van der Waals surface area contributed by atoms with Gasteiger partial charge in [-0.05, 0) is 30.4 Å². The smallest absolute Gasteiger partial charge is 0.00401 e. The van der Waals surface area contributed by atoms with E-state index in [2.05, 4.69) is 38.1 Å². The minimum absolute atomic E-state index is 0.759. The Morgan fingerprint density at radius 3 is 2.50 bits per heavy atom. The molecule has 56 valence electrons. The first-order valence-corrected chi connectivity index (χ1v) is 3.82. The van der Waals surface area contributed by atoms with Gasteiger partial charge in [-0.3, -0.25) is 0 Å². The van der Waals surface area contributed by atoms with E-state index in [1.54, 1.807) is 0 Å². The molecule has 1 heterocycles. The summed E-state index contributed by atoms with van der Waals surface area (Å²) in [5, 5.41) is 0. The van der Waals surface area contributed by atoms with Crippen molar-refractivity contribution in [2.24, 2.45) is 5.92 Å². The Labute approximate surface area is 62.5 Å². The van der Waals surface area contributed by atoms with E-state index in [4.69, 9.17) is 0 Å². The van der Waals surface area contributed by atoms with Crippen LogP contribution >= 0.6 is 0 Å². The van der Waals surface area contributed by atoms with Crippen LogP contribution in [0.5, 0.6) is 0 Å². The summed E-state index contributed by atoms with van der Waals surface area (Å²) in [6.07, 6.45) is 5.34. The van der Waals surface area contributed by atoms with Crippen LogP contribution in [0.2, 0.25) is 0 Å². The lowest BCUT2D eigenvalue weighted by Crippen LogP contribution is -1.93. The molecule has 0 spiro atoms. The van der Waals surface area contributed by atoms with Gasteiger partial charge in [-0.1, -0.05) is 13.8 Å². The number of nitrogens with one attached hydrogen (secondary N) is 1. The second-order valence-corrected chi connectivity index (χ2v) is 3.26. The van der Waals surface area contributed by atoms with Gasteiger partial charge in [0.1, 0.15) is 0 Å². The second kappa shape index (κ2) is 2.91.